The summed E-state index contributed by atoms with van der Waals surface area (Å²) in [6, 6.07) is 13.5. The Bertz CT molecular complexity index is 881. The van der Waals surface area contributed by atoms with Crippen LogP contribution in [0.1, 0.15) is 52.7 Å². The van der Waals surface area contributed by atoms with Crippen LogP contribution in [0, 0.1) is 6.92 Å². The van der Waals surface area contributed by atoms with Crippen molar-refractivity contribution in [3.05, 3.63) is 64.7 Å². The minimum absolute atomic E-state index is 0.0618. The summed E-state index contributed by atoms with van der Waals surface area (Å²) < 4.78 is 16.4. The van der Waals surface area contributed by atoms with Crippen molar-refractivity contribution in [3.8, 4) is 5.75 Å². The van der Waals surface area contributed by atoms with Crippen molar-refractivity contribution in [2.24, 2.45) is 0 Å². The number of carbonyl (C=O) groups is 2. The van der Waals surface area contributed by atoms with Gasteiger partial charge >= 0.3 is 12.1 Å². The third kappa shape index (κ3) is 4.93. The molecule has 0 saturated carbocycles. The van der Waals surface area contributed by atoms with Crippen molar-refractivity contribution in [3.63, 3.8) is 0 Å². The van der Waals surface area contributed by atoms with Gasteiger partial charge in [0, 0.05) is 19.0 Å². The normalized spacial score (nSPS) is 16.1. The van der Waals surface area contributed by atoms with Crippen molar-refractivity contribution >= 4 is 12.1 Å². The molecule has 1 fully saturated rings. The first-order valence-electron chi connectivity index (χ1n) is 10.3. The van der Waals surface area contributed by atoms with E-state index in [1.807, 2.05) is 49.4 Å². The van der Waals surface area contributed by atoms with Crippen LogP contribution < -0.4 is 4.74 Å². The zero-order chi connectivity index (χ0) is 21.5. The molecular weight excluding hydrogens is 382 g/mol. The number of rotatable bonds is 6. The molecular formula is C24H29NO5. The van der Waals surface area contributed by atoms with Gasteiger partial charge in [0.05, 0.1) is 13.7 Å². The quantitative estimate of drug-likeness (QED) is 0.645. The van der Waals surface area contributed by atoms with E-state index < -0.39 is 0 Å². The molecule has 0 radical (unpaired) electrons. The van der Waals surface area contributed by atoms with Crippen LogP contribution in [0.4, 0.5) is 4.79 Å². The molecule has 0 spiro atoms. The Morgan fingerprint density at radius 1 is 1.10 bits per heavy atom. The summed E-state index contributed by atoms with van der Waals surface area (Å²) in [7, 11) is 1.57. The Balaban J connectivity index is 1.75. The van der Waals surface area contributed by atoms with E-state index in [9.17, 15) is 9.59 Å². The van der Waals surface area contributed by atoms with E-state index >= 15 is 0 Å². The van der Waals surface area contributed by atoms with Crippen LogP contribution in [0.15, 0.2) is 42.5 Å². The highest BCUT2D eigenvalue weighted by molar-refractivity contribution is 5.94. The second kappa shape index (κ2) is 10.1. The molecule has 0 bridgehead atoms. The third-order valence-electron chi connectivity index (χ3n) is 5.40. The van der Waals surface area contributed by atoms with Crippen LogP contribution in [0.2, 0.25) is 0 Å². The molecule has 1 heterocycles. The summed E-state index contributed by atoms with van der Waals surface area (Å²) in [6.07, 6.45) is 1.45. The number of amides is 1. The molecule has 0 aliphatic carbocycles. The molecule has 3 rings (SSSR count). The zero-order valence-corrected chi connectivity index (χ0v) is 17.8. The van der Waals surface area contributed by atoms with Crippen LogP contribution in [-0.4, -0.2) is 43.8 Å². The number of esters is 1. The Morgan fingerprint density at radius 3 is 2.57 bits per heavy atom. The van der Waals surface area contributed by atoms with Gasteiger partial charge in [-0.05, 0) is 43.4 Å². The van der Waals surface area contributed by atoms with E-state index in [-0.39, 0.29) is 24.6 Å². The largest absolute Gasteiger partial charge is 0.496 e. The fourth-order valence-electron chi connectivity index (χ4n) is 3.90. The smallest absolute Gasteiger partial charge is 0.410 e. The molecule has 1 aliphatic rings. The predicted octanol–water partition coefficient (Wildman–Crippen LogP) is 4.70. The predicted molar refractivity (Wildman–Crippen MR) is 114 cm³/mol. The minimum atomic E-state index is -0.386. The van der Waals surface area contributed by atoms with Gasteiger partial charge in [0.2, 0.25) is 0 Å². The third-order valence-corrected chi connectivity index (χ3v) is 5.40. The van der Waals surface area contributed by atoms with Gasteiger partial charge in [0.15, 0.2) is 0 Å². The number of ether oxygens (including phenoxy) is 3. The summed E-state index contributed by atoms with van der Waals surface area (Å²) in [5.41, 5.74) is 3.15. The number of methoxy groups -OCH3 is 1. The number of benzene rings is 2. The van der Waals surface area contributed by atoms with E-state index in [1.54, 1.807) is 18.9 Å². The van der Waals surface area contributed by atoms with Gasteiger partial charge in [0.1, 0.15) is 17.9 Å². The highest BCUT2D eigenvalue weighted by atomic mass is 16.6. The highest BCUT2D eigenvalue weighted by Gasteiger charge is 2.30. The maximum atomic E-state index is 12.6. The first-order chi connectivity index (χ1) is 14.5. The standard InChI is InChI=1S/C24H29NO5/c1-4-29-23(26)21-17(2)12-13-20(22(21)28-3)19-11-8-14-25(15-19)24(27)30-16-18-9-6-5-7-10-18/h5-7,9-10,12-13,19H,4,8,11,14-16H2,1-3H3. The average Bonchev–Trinajstić information content (AvgIpc) is 2.78. The lowest BCUT2D eigenvalue weighted by Crippen LogP contribution is -2.39. The zero-order valence-electron chi connectivity index (χ0n) is 17.8. The number of hydrogen-bond donors (Lipinski definition) is 0. The number of piperidine rings is 1. The summed E-state index contributed by atoms with van der Waals surface area (Å²) in [5, 5.41) is 0. The summed E-state index contributed by atoms with van der Waals surface area (Å²) in [6.45, 7) is 5.38. The van der Waals surface area contributed by atoms with Crippen molar-refractivity contribution < 1.29 is 23.8 Å². The molecule has 6 nitrogen and oxygen atoms in total. The van der Waals surface area contributed by atoms with E-state index in [0.717, 1.165) is 29.5 Å². The van der Waals surface area contributed by atoms with Crippen LogP contribution in [0.5, 0.6) is 5.75 Å². The fraction of sp³-hybridized carbons (Fsp3) is 0.417. The van der Waals surface area contributed by atoms with Gasteiger partial charge in [0.25, 0.3) is 0 Å². The lowest BCUT2D eigenvalue weighted by atomic mass is 9.87. The van der Waals surface area contributed by atoms with Gasteiger partial charge in [-0.3, -0.25) is 0 Å². The summed E-state index contributed by atoms with van der Waals surface area (Å²) in [4.78, 5) is 26.8. The molecule has 1 atom stereocenters. The molecule has 2 aromatic rings. The monoisotopic (exact) mass is 411 g/mol. The second-order valence-electron chi connectivity index (χ2n) is 7.43. The summed E-state index contributed by atoms with van der Waals surface area (Å²) in [5.74, 6) is 0.216. The van der Waals surface area contributed by atoms with Gasteiger partial charge in [-0.25, -0.2) is 9.59 Å². The van der Waals surface area contributed by atoms with Crippen molar-refractivity contribution in [1.82, 2.24) is 4.90 Å². The molecule has 1 saturated heterocycles. The van der Waals surface area contributed by atoms with Crippen molar-refractivity contribution in [2.75, 3.05) is 26.8 Å². The number of nitrogens with zero attached hydrogens (tertiary/aromatic N) is 1. The van der Waals surface area contributed by atoms with Crippen molar-refractivity contribution in [2.45, 2.75) is 39.2 Å². The number of hydrogen-bond acceptors (Lipinski definition) is 5. The Labute approximate surface area is 177 Å². The van der Waals surface area contributed by atoms with Crippen molar-refractivity contribution in [1.29, 1.82) is 0 Å². The molecule has 6 heteroatoms. The molecule has 0 N–H and O–H groups in total. The second-order valence-corrected chi connectivity index (χ2v) is 7.43. The first kappa shape index (κ1) is 21.7. The molecule has 2 aromatic carbocycles. The van der Waals surface area contributed by atoms with Crippen LogP contribution in [-0.2, 0) is 16.1 Å². The summed E-state index contributed by atoms with van der Waals surface area (Å²) >= 11 is 0. The fourth-order valence-corrected chi connectivity index (χ4v) is 3.90. The number of aryl methyl sites for hydroxylation is 1. The number of likely N-dealkylation sites (tertiary alicyclic amines) is 1. The molecule has 30 heavy (non-hydrogen) atoms. The first-order valence-corrected chi connectivity index (χ1v) is 10.3. The van der Waals surface area contributed by atoms with E-state index in [4.69, 9.17) is 14.2 Å². The van der Waals surface area contributed by atoms with E-state index in [1.165, 1.54) is 0 Å². The van der Waals surface area contributed by atoms with Crippen LogP contribution in [0.3, 0.4) is 0 Å². The number of carbonyl (C=O) groups excluding carboxylic acids is 2. The van der Waals surface area contributed by atoms with Gasteiger partial charge < -0.3 is 19.1 Å². The van der Waals surface area contributed by atoms with Crippen LogP contribution >= 0.6 is 0 Å². The Morgan fingerprint density at radius 2 is 1.87 bits per heavy atom. The molecule has 1 unspecified atom stereocenters. The molecule has 160 valence electrons. The highest BCUT2D eigenvalue weighted by Crippen LogP contribution is 2.37. The van der Waals surface area contributed by atoms with E-state index in [2.05, 4.69) is 0 Å². The topological polar surface area (TPSA) is 65.1 Å². The SMILES string of the molecule is CCOC(=O)c1c(C)ccc(C2CCCN(C(=O)OCc3ccccc3)C2)c1OC. The van der Waals surface area contributed by atoms with Crippen LogP contribution in [0.25, 0.3) is 0 Å². The van der Waals surface area contributed by atoms with E-state index in [0.29, 0.717) is 31.0 Å². The lowest BCUT2D eigenvalue weighted by Gasteiger charge is -2.33. The lowest BCUT2D eigenvalue weighted by molar-refractivity contribution is 0.0520. The Hall–Kier alpha value is -3.02. The van der Waals surface area contributed by atoms with Gasteiger partial charge in [-0.2, -0.15) is 0 Å². The molecule has 1 amide bonds. The maximum Gasteiger partial charge on any atom is 0.410 e. The average molecular weight is 411 g/mol. The van der Waals surface area contributed by atoms with Gasteiger partial charge in [-0.1, -0.05) is 42.5 Å². The van der Waals surface area contributed by atoms with Gasteiger partial charge in [-0.15, -0.1) is 0 Å². The molecule has 1 aliphatic heterocycles. The Kier molecular flexibility index (Phi) is 7.33. The minimum Gasteiger partial charge on any atom is -0.496 e. The molecule has 0 aromatic heterocycles. The maximum absolute atomic E-state index is 12.6.